The van der Waals surface area contributed by atoms with Crippen molar-refractivity contribution in [3.8, 4) is 0 Å². The van der Waals surface area contributed by atoms with Crippen molar-refractivity contribution in [2.75, 3.05) is 19.0 Å². The molecule has 1 N–H and O–H groups in total. The van der Waals surface area contributed by atoms with Crippen molar-refractivity contribution < 1.29 is 13.9 Å². The lowest BCUT2D eigenvalue weighted by atomic mass is 9.99. The third kappa shape index (κ3) is 3.60. The lowest BCUT2D eigenvalue weighted by molar-refractivity contribution is -0.142. The average Bonchev–Trinajstić information content (AvgIpc) is 2.50. The van der Waals surface area contributed by atoms with Gasteiger partial charge in [0.05, 0.1) is 18.7 Å². The number of para-hydroxylation sites is 1. The quantitative estimate of drug-likeness (QED) is 0.855. The number of carbonyl (C=O) groups excluding carboxylic acids is 1. The minimum Gasteiger partial charge on any atom is -0.468 e. The highest BCUT2D eigenvalue weighted by Crippen LogP contribution is 2.22. The Morgan fingerprint density at radius 1 is 1.19 bits per heavy atom. The number of ether oxygens (including phenoxy) is 1. The number of halogens is 1. The molecule has 0 radical (unpaired) electrons. The molecular weight excluding hydrogens is 269 g/mol. The van der Waals surface area contributed by atoms with Crippen molar-refractivity contribution in [2.24, 2.45) is 0 Å². The Hall–Kier alpha value is -2.36. The van der Waals surface area contributed by atoms with Crippen LogP contribution >= 0.6 is 0 Å². The second kappa shape index (κ2) is 6.88. The van der Waals surface area contributed by atoms with Crippen molar-refractivity contribution in [1.29, 1.82) is 0 Å². The zero-order valence-electron chi connectivity index (χ0n) is 12.1. The monoisotopic (exact) mass is 287 g/mol. The molecule has 2 aromatic carbocycles. The van der Waals surface area contributed by atoms with E-state index >= 15 is 0 Å². The molecule has 0 bridgehead atoms. The summed E-state index contributed by atoms with van der Waals surface area (Å²) in [7, 11) is 1.35. The molecule has 0 amide bonds. The average molecular weight is 287 g/mol. The van der Waals surface area contributed by atoms with Crippen LogP contribution in [0.25, 0.3) is 0 Å². The molecule has 1 unspecified atom stereocenters. The largest absolute Gasteiger partial charge is 0.468 e. The summed E-state index contributed by atoms with van der Waals surface area (Å²) >= 11 is 0. The second-order valence-electron chi connectivity index (χ2n) is 4.80. The third-order valence-electron chi connectivity index (χ3n) is 3.39. The van der Waals surface area contributed by atoms with Crippen molar-refractivity contribution in [1.82, 2.24) is 0 Å². The van der Waals surface area contributed by atoms with Gasteiger partial charge in [0.2, 0.25) is 0 Å². The molecule has 0 aromatic heterocycles. The molecule has 0 aliphatic carbocycles. The molecule has 0 saturated heterocycles. The Bertz CT molecular complexity index is 593. The molecule has 0 aliphatic heterocycles. The molecule has 0 saturated carbocycles. The van der Waals surface area contributed by atoms with Crippen LogP contribution in [-0.2, 0) is 9.53 Å². The van der Waals surface area contributed by atoms with Gasteiger partial charge in [-0.15, -0.1) is 0 Å². The van der Waals surface area contributed by atoms with Crippen LogP contribution in [0.3, 0.4) is 0 Å². The maximum Gasteiger partial charge on any atom is 0.314 e. The number of methoxy groups -OCH3 is 1. The number of hydrogen-bond donors (Lipinski definition) is 1. The normalized spacial score (nSPS) is 11.8. The van der Waals surface area contributed by atoms with Gasteiger partial charge in [-0.25, -0.2) is 4.39 Å². The topological polar surface area (TPSA) is 38.3 Å². The van der Waals surface area contributed by atoms with Crippen LogP contribution in [0, 0.1) is 12.7 Å². The van der Waals surface area contributed by atoms with E-state index in [0.29, 0.717) is 5.69 Å². The Morgan fingerprint density at radius 3 is 2.52 bits per heavy atom. The van der Waals surface area contributed by atoms with Crippen molar-refractivity contribution in [3.05, 3.63) is 65.5 Å². The lowest BCUT2D eigenvalue weighted by Crippen LogP contribution is -2.23. The number of carbonyl (C=O) groups is 1. The predicted molar refractivity (Wildman–Crippen MR) is 80.8 cm³/mol. The van der Waals surface area contributed by atoms with Crippen LogP contribution in [0.4, 0.5) is 10.1 Å². The summed E-state index contributed by atoms with van der Waals surface area (Å²) in [6.45, 7) is 2.10. The number of aryl methyl sites for hydroxylation is 1. The van der Waals surface area contributed by atoms with Gasteiger partial charge in [-0.05, 0) is 24.1 Å². The first-order valence-electron chi connectivity index (χ1n) is 6.75. The van der Waals surface area contributed by atoms with E-state index in [-0.39, 0.29) is 18.3 Å². The summed E-state index contributed by atoms with van der Waals surface area (Å²) in [6.07, 6.45) is 0. The number of nitrogens with one attached hydrogen (secondary N) is 1. The number of hydrogen-bond acceptors (Lipinski definition) is 3. The Balaban J connectivity index is 2.19. The molecule has 0 aliphatic rings. The summed E-state index contributed by atoms with van der Waals surface area (Å²) in [5, 5.41) is 3.02. The zero-order valence-corrected chi connectivity index (χ0v) is 12.1. The van der Waals surface area contributed by atoms with Crippen LogP contribution in [0.5, 0.6) is 0 Å². The second-order valence-corrected chi connectivity index (χ2v) is 4.80. The summed E-state index contributed by atoms with van der Waals surface area (Å²) in [4.78, 5) is 11.9. The van der Waals surface area contributed by atoms with E-state index in [2.05, 4.69) is 5.32 Å². The summed E-state index contributed by atoms with van der Waals surface area (Å²) < 4.78 is 18.7. The molecule has 3 nitrogen and oxygen atoms in total. The maximum absolute atomic E-state index is 13.8. The number of benzene rings is 2. The molecule has 2 rings (SSSR count). The fraction of sp³-hybridized carbons (Fsp3) is 0.235. The van der Waals surface area contributed by atoms with E-state index in [0.717, 1.165) is 11.1 Å². The van der Waals surface area contributed by atoms with E-state index in [4.69, 9.17) is 4.74 Å². The predicted octanol–water partition coefficient (Wildman–Crippen LogP) is 3.50. The number of esters is 1. The molecule has 21 heavy (non-hydrogen) atoms. The molecule has 0 fully saturated rings. The minimum absolute atomic E-state index is 0.276. The van der Waals surface area contributed by atoms with Crippen molar-refractivity contribution in [2.45, 2.75) is 12.8 Å². The van der Waals surface area contributed by atoms with Gasteiger partial charge in [0, 0.05) is 6.54 Å². The summed E-state index contributed by atoms with van der Waals surface area (Å²) in [6, 6.07) is 14.2. The van der Waals surface area contributed by atoms with E-state index in [1.54, 1.807) is 6.07 Å². The maximum atomic E-state index is 13.8. The number of anilines is 1. The van der Waals surface area contributed by atoms with E-state index in [1.165, 1.54) is 13.2 Å². The van der Waals surface area contributed by atoms with Gasteiger partial charge in [0.15, 0.2) is 0 Å². The van der Waals surface area contributed by atoms with Gasteiger partial charge in [-0.2, -0.15) is 0 Å². The lowest BCUT2D eigenvalue weighted by Gasteiger charge is -2.18. The Labute approximate surface area is 123 Å². The van der Waals surface area contributed by atoms with Gasteiger partial charge >= 0.3 is 5.97 Å². The smallest absolute Gasteiger partial charge is 0.314 e. The molecule has 4 heteroatoms. The first-order valence-corrected chi connectivity index (χ1v) is 6.75. The summed E-state index contributed by atoms with van der Waals surface area (Å²) in [5.74, 6) is -1.15. The third-order valence-corrected chi connectivity index (χ3v) is 3.39. The fourth-order valence-electron chi connectivity index (χ4n) is 2.22. The molecule has 110 valence electrons. The van der Waals surface area contributed by atoms with Gasteiger partial charge < -0.3 is 10.1 Å². The van der Waals surface area contributed by atoms with Crippen molar-refractivity contribution >= 4 is 11.7 Å². The van der Waals surface area contributed by atoms with Gasteiger partial charge in [-0.1, -0.05) is 42.5 Å². The van der Waals surface area contributed by atoms with Crippen LogP contribution < -0.4 is 5.32 Å². The molecule has 0 heterocycles. The van der Waals surface area contributed by atoms with Gasteiger partial charge in [-0.3, -0.25) is 4.79 Å². The van der Waals surface area contributed by atoms with Crippen LogP contribution in [0.15, 0.2) is 48.5 Å². The summed E-state index contributed by atoms with van der Waals surface area (Å²) in [5.41, 5.74) is 2.06. The SMILES string of the molecule is COC(=O)C(CNc1c(C)cccc1F)c1ccccc1. The van der Waals surface area contributed by atoms with E-state index in [9.17, 15) is 9.18 Å². The van der Waals surface area contributed by atoms with Gasteiger partial charge in [0.1, 0.15) is 5.82 Å². The highest BCUT2D eigenvalue weighted by molar-refractivity contribution is 5.79. The Kier molecular flexibility index (Phi) is 4.93. The van der Waals surface area contributed by atoms with Crippen LogP contribution in [0.2, 0.25) is 0 Å². The minimum atomic E-state index is -0.477. The molecular formula is C17H18FNO2. The number of rotatable bonds is 5. The zero-order chi connectivity index (χ0) is 15.2. The van der Waals surface area contributed by atoms with E-state index < -0.39 is 5.92 Å². The highest BCUT2D eigenvalue weighted by Gasteiger charge is 2.21. The highest BCUT2D eigenvalue weighted by atomic mass is 19.1. The Morgan fingerprint density at radius 2 is 1.90 bits per heavy atom. The van der Waals surface area contributed by atoms with Gasteiger partial charge in [0.25, 0.3) is 0 Å². The van der Waals surface area contributed by atoms with E-state index in [1.807, 2.05) is 43.3 Å². The fourth-order valence-corrected chi connectivity index (χ4v) is 2.22. The molecule has 1 atom stereocenters. The van der Waals surface area contributed by atoms with Crippen molar-refractivity contribution in [3.63, 3.8) is 0 Å². The first kappa shape index (κ1) is 15.0. The standard InChI is InChI=1S/C17H18FNO2/c1-12-7-6-10-15(18)16(12)19-11-14(17(20)21-2)13-8-4-3-5-9-13/h3-10,14,19H,11H2,1-2H3. The molecule has 0 spiro atoms. The first-order chi connectivity index (χ1) is 10.1. The molecule has 2 aromatic rings. The van der Waals surface area contributed by atoms with Crippen LogP contribution in [0.1, 0.15) is 17.0 Å². The van der Waals surface area contributed by atoms with Crippen LogP contribution in [-0.4, -0.2) is 19.6 Å².